The van der Waals surface area contributed by atoms with Gasteiger partial charge in [-0.15, -0.1) is 0 Å². The summed E-state index contributed by atoms with van der Waals surface area (Å²) in [6.07, 6.45) is -0.257. The van der Waals surface area contributed by atoms with Crippen molar-refractivity contribution in [3.63, 3.8) is 0 Å². The molecular formula is C22H29N3O5. The zero-order chi connectivity index (χ0) is 22.3. The van der Waals surface area contributed by atoms with Crippen LogP contribution in [0.1, 0.15) is 39.7 Å². The first-order valence-electron chi connectivity index (χ1n) is 9.71. The molecule has 0 aliphatic rings. The Morgan fingerprint density at radius 2 is 1.90 bits per heavy atom. The summed E-state index contributed by atoms with van der Waals surface area (Å²) in [6.45, 7) is 8.97. The Labute approximate surface area is 176 Å². The zero-order valence-electron chi connectivity index (χ0n) is 18.2. The van der Waals surface area contributed by atoms with Gasteiger partial charge in [-0.2, -0.15) is 4.98 Å². The van der Waals surface area contributed by atoms with E-state index in [9.17, 15) is 9.59 Å². The first kappa shape index (κ1) is 23.0. The third kappa shape index (κ3) is 6.95. The van der Waals surface area contributed by atoms with Gasteiger partial charge >= 0.3 is 6.09 Å². The van der Waals surface area contributed by atoms with Crippen molar-refractivity contribution >= 4 is 17.8 Å². The molecule has 2 aromatic rings. The maximum absolute atomic E-state index is 12.6. The standard InChI is InChI=1S/C22H29N3O5/c1-7-16(23-21(27)30-22(3,4)5)20(26)25-18-9-8-10-19(24-18)29-17-13-15(28-6)12-11-14(17)2/h8-13,16H,7H2,1-6H3,(H,23,27)(H,24,25,26)/t16-/m1/s1. The average Bonchev–Trinajstić information content (AvgIpc) is 2.66. The van der Waals surface area contributed by atoms with Gasteiger partial charge in [-0.3, -0.25) is 4.79 Å². The second kappa shape index (κ2) is 9.96. The van der Waals surface area contributed by atoms with Crippen LogP contribution in [0.2, 0.25) is 0 Å². The van der Waals surface area contributed by atoms with Crippen LogP contribution in [0.25, 0.3) is 0 Å². The van der Waals surface area contributed by atoms with E-state index in [4.69, 9.17) is 14.2 Å². The van der Waals surface area contributed by atoms with Crippen molar-refractivity contribution in [1.29, 1.82) is 0 Å². The van der Waals surface area contributed by atoms with Crippen LogP contribution in [0.4, 0.5) is 10.6 Å². The fourth-order valence-corrected chi connectivity index (χ4v) is 2.49. The molecule has 2 amide bonds. The van der Waals surface area contributed by atoms with E-state index in [1.165, 1.54) is 0 Å². The number of methoxy groups -OCH3 is 1. The minimum Gasteiger partial charge on any atom is -0.497 e. The molecule has 162 valence electrons. The number of hydrogen-bond acceptors (Lipinski definition) is 6. The summed E-state index contributed by atoms with van der Waals surface area (Å²) in [5.41, 5.74) is 0.268. The molecule has 0 aliphatic heterocycles. The number of carbonyl (C=O) groups is 2. The number of rotatable bonds is 7. The Morgan fingerprint density at radius 1 is 1.17 bits per heavy atom. The second-order valence-electron chi connectivity index (χ2n) is 7.69. The van der Waals surface area contributed by atoms with Crippen LogP contribution in [0.3, 0.4) is 0 Å². The number of hydrogen-bond donors (Lipinski definition) is 2. The van der Waals surface area contributed by atoms with E-state index in [2.05, 4.69) is 15.6 Å². The lowest BCUT2D eigenvalue weighted by Crippen LogP contribution is -2.45. The van der Waals surface area contributed by atoms with Gasteiger partial charge in [-0.1, -0.05) is 19.1 Å². The molecule has 0 saturated heterocycles. The van der Waals surface area contributed by atoms with Crippen LogP contribution >= 0.6 is 0 Å². The Balaban J connectivity index is 2.06. The van der Waals surface area contributed by atoms with Crippen LogP contribution in [-0.2, 0) is 9.53 Å². The minimum absolute atomic E-state index is 0.308. The number of pyridine rings is 1. The van der Waals surface area contributed by atoms with Crippen molar-refractivity contribution in [2.75, 3.05) is 12.4 Å². The molecule has 2 rings (SSSR count). The predicted octanol–water partition coefficient (Wildman–Crippen LogP) is 4.43. The summed E-state index contributed by atoms with van der Waals surface area (Å²) >= 11 is 0. The first-order chi connectivity index (χ1) is 14.1. The summed E-state index contributed by atoms with van der Waals surface area (Å²) < 4.78 is 16.3. The number of anilines is 1. The number of aromatic nitrogens is 1. The maximum atomic E-state index is 12.6. The van der Waals surface area contributed by atoms with E-state index in [0.29, 0.717) is 29.6 Å². The molecule has 0 fully saturated rings. The molecule has 0 spiro atoms. The Morgan fingerprint density at radius 3 is 2.53 bits per heavy atom. The molecule has 30 heavy (non-hydrogen) atoms. The van der Waals surface area contributed by atoms with Gasteiger partial charge in [-0.05, 0) is 51.8 Å². The van der Waals surface area contributed by atoms with Gasteiger partial charge in [0.1, 0.15) is 29.0 Å². The average molecular weight is 415 g/mol. The molecule has 1 atom stereocenters. The summed E-state index contributed by atoms with van der Waals surface area (Å²) in [5, 5.41) is 5.27. The molecule has 2 N–H and O–H groups in total. The third-order valence-electron chi connectivity index (χ3n) is 4.00. The molecule has 1 heterocycles. The highest BCUT2D eigenvalue weighted by Gasteiger charge is 2.23. The highest BCUT2D eigenvalue weighted by Crippen LogP contribution is 2.28. The quantitative estimate of drug-likeness (QED) is 0.694. The second-order valence-corrected chi connectivity index (χ2v) is 7.69. The molecule has 8 nitrogen and oxygen atoms in total. The van der Waals surface area contributed by atoms with Crippen LogP contribution in [0.5, 0.6) is 17.4 Å². The fourth-order valence-electron chi connectivity index (χ4n) is 2.49. The van der Waals surface area contributed by atoms with Gasteiger partial charge in [0.15, 0.2) is 0 Å². The van der Waals surface area contributed by atoms with Gasteiger partial charge in [0.2, 0.25) is 11.8 Å². The number of nitrogens with one attached hydrogen (secondary N) is 2. The van der Waals surface area contributed by atoms with E-state index in [1.807, 2.05) is 19.1 Å². The Hall–Kier alpha value is -3.29. The molecule has 0 unspecified atom stereocenters. The molecule has 0 radical (unpaired) electrons. The van der Waals surface area contributed by atoms with E-state index >= 15 is 0 Å². The predicted molar refractivity (Wildman–Crippen MR) is 114 cm³/mol. The Bertz CT molecular complexity index is 893. The van der Waals surface area contributed by atoms with Crippen LogP contribution in [0.15, 0.2) is 36.4 Å². The largest absolute Gasteiger partial charge is 0.497 e. The first-order valence-corrected chi connectivity index (χ1v) is 9.71. The van der Waals surface area contributed by atoms with Gasteiger partial charge in [0.05, 0.1) is 7.11 Å². The minimum atomic E-state index is -0.758. The molecule has 8 heteroatoms. The molecule has 0 bridgehead atoms. The molecular weight excluding hydrogens is 386 g/mol. The number of ether oxygens (including phenoxy) is 3. The SMILES string of the molecule is CC[C@@H](NC(=O)OC(C)(C)C)C(=O)Nc1cccc(Oc2cc(OC)ccc2C)n1. The summed E-state index contributed by atoms with van der Waals surface area (Å²) in [4.78, 5) is 28.9. The number of benzene rings is 1. The van der Waals surface area contributed by atoms with Crippen LogP contribution in [0, 0.1) is 6.92 Å². The van der Waals surface area contributed by atoms with E-state index in [1.54, 1.807) is 59.1 Å². The highest BCUT2D eigenvalue weighted by atomic mass is 16.6. The summed E-state index contributed by atoms with van der Waals surface area (Å²) in [7, 11) is 1.58. The summed E-state index contributed by atoms with van der Waals surface area (Å²) in [5.74, 6) is 1.49. The smallest absolute Gasteiger partial charge is 0.408 e. The molecule has 0 saturated carbocycles. The lowest BCUT2D eigenvalue weighted by molar-refractivity contribution is -0.118. The van der Waals surface area contributed by atoms with Gasteiger partial charge in [0.25, 0.3) is 0 Å². The van der Waals surface area contributed by atoms with E-state index < -0.39 is 23.6 Å². The number of carbonyl (C=O) groups excluding carboxylic acids is 2. The van der Waals surface area contributed by atoms with Crippen molar-refractivity contribution in [3.8, 4) is 17.4 Å². The van der Waals surface area contributed by atoms with E-state index in [-0.39, 0.29) is 0 Å². The molecule has 0 aliphatic carbocycles. The van der Waals surface area contributed by atoms with Crippen LogP contribution in [-0.4, -0.2) is 35.7 Å². The van der Waals surface area contributed by atoms with Crippen molar-refractivity contribution in [3.05, 3.63) is 42.0 Å². The van der Waals surface area contributed by atoms with Crippen molar-refractivity contribution in [2.45, 2.75) is 52.7 Å². The number of aryl methyl sites for hydroxylation is 1. The van der Waals surface area contributed by atoms with Crippen LogP contribution < -0.4 is 20.1 Å². The van der Waals surface area contributed by atoms with Gasteiger partial charge < -0.3 is 24.8 Å². The van der Waals surface area contributed by atoms with Gasteiger partial charge in [-0.25, -0.2) is 4.79 Å². The monoisotopic (exact) mass is 415 g/mol. The fraction of sp³-hybridized carbons (Fsp3) is 0.409. The maximum Gasteiger partial charge on any atom is 0.408 e. The van der Waals surface area contributed by atoms with Crippen molar-refractivity contribution in [1.82, 2.24) is 10.3 Å². The Kier molecular flexibility index (Phi) is 7.63. The third-order valence-corrected chi connectivity index (χ3v) is 4.00. The number of nitrogens with zero attached hydrogens (tertiary/aromatic N) is 1. The summed E-state index contributed by atoms with van der Waals surface area (Å²) in [6, 6.07) is 9.78. The lowest BCUT2D eigenvalue weighted by Gasteiger charge is -2.22. The zero-order valence-corrected chi connectivity index (χ0v) is 18.2. The van der Waals surface area contributed by atoms with Crippen molar-refractivity contribution < 1.29 is 23.8 Å². The van der Waals surface area contributed by atoms with E-state index in [0.717, 1.165) is 5.56 Å². The number of amides is 2. The van der Waals surface area contributed by atoms with Gasteiger partial charge in [0, 0.05) is 12.1 Å². The normalized spacial score (nSPS) is 11.9. The number of alkyl carbamates (subject to hydrolysis) is 1. The van der Waals surface area contributed by atoms with Crippen molar-refractivity contribution in [2.24, 2.45) is 0 Å². The molecule has 1 aromatic heterocycles. The highest BCUT2D eigenvalue weighted by molar-refractivity contribution is 5.95. The lowest BCUT2D eigenvalue weighted by atomic mass is 10.2. The topological polar surface area (TPSA) is 98.8 Å². The molecule has 1 aromatic carbocycles.